The molecule has 2 aromatic carbocycles. The maximum Gasteiger partial charge on any atom is 0.335 e. The van der Waals surface area contributed by atoms with Crippen molar-refractivity contribution in [3.05, 3.63) is 77.2 Å². The normalized spacial score (nSPS) is 16.9. The van der Waals surface area contributed by atoms with Gasteiger partial charge in [0.25, 0.3) is 5.91 Å². The monoisotopic (exact) mass is 380 g/mol. The smallest absolute Gasteiger partial charge is 0.335 e. The first-order valence-corrected chi connectivity index (χ1v) is 8.83. The van der Waals surface area contributed by atoms with E-state index in [1.807, 2.05) is 0 Å². The van der Waals surface area contributed by atoms with Gasteiger partial charge in [0.15, 0.2) is 5.17 Å². The second-order valence-corrected chi connectivity index (χ2v) is 6.67. The number of nitrogens with zero attached hydrogens (tertiary/aromatic N) is 2. The van der Waals surface area contributed by atoms with E-state index in [2.05, 4.69) is 11.6 Å². The molecule has 1 saturated heterocycles. The molecule has 1 aliphatic heterocycles. The first-order chi connectivity index (χ1) is 13.0. The zero-order chi connectivity index (χ0) is 19.4. The molecule has 0 bridgehead atoms. The van der Waals surface area contributed by atoms with Gasteiger partial charge in [0, 0.05) is 6.54 Å². The van der Waals surface area contributed by atoms with E-state index >= 15 is 0 Å². The molecular weight excluding hydrogens is 364 g/mol. The van der Waals surface area contributed by atoms with Crippen molar-refractivity contribution in [3.63, 3.8) is 0 Å². The van der Waals surface area contributed by atoms with E-state index in [-0.39, 0.29) is 17.2 Å². The number of rotatable bonds is 5. The molecule has 0 unspecified atom stereocenters. The zero-order valence-corrected chi connectivity index (χ0v) is 15.0. The Kier molecular flexibility index (Phi) is 5.42. The molecule has 2 aromatic rings. The van der Waals surface area contributed by atoms with Crippen molar-refractivity contribution >= 4 is 40.6 Å². The van der Waals surface area contributed by atoms with E-state index in [0.717, 1.165) is 0 Å². The van der Waals surface area contributed by atoms with Gasteiger partial charge in [-0.2, -0.15) is 0 Å². The summed E-state index contributed by atoms with van der Waals surface area (Å²) in [4.78, 5) is 30.1. The van der Waals surface area contributed by atoms with Crippen molar-refractivity contribution in [2.75, 3.05) is 6.54 Å². The van der Waals surface area contributed by atoms with Gasteiger partial charge >= 0.3 is 5.97 Å². The van der Waals surface area contributed by atoms with Crippen LogP contribution in [0.15, 0.2) is 71.1 Å². The maximum absolute atomic E-state index is 12.7. The Bertz CT molecular complexity index is 964. The summed E-state index contributed by atoms with van der Waals surface area (Å²) >= 11 is 1.21. The third-order valence-electron chi connectivity index (χ3n) is 3.71. The van der Waals surface area contributed by atoms with Crippen LogP contribution >= 0.6 is 11.8 Å². The molecule has 27 heavy (non-hydrogen) atoms. The number of aromatic hydroxyl groups is 1. The minimum absolute atomic E-state index is 0.121. The van der Waals surface area contributed by atoms with Crippen LogP contribution in [-0.2, 0) is 4.79 Å². The third-order valence-corrected chi connectivity index (χ3v) is 4.71. The number of aromatic carboxylic acids is 1. The SMILES string of the molecule is C=CCN1C(=O)/C(=C/c2cccc(O)c2)SC1=Nc1ccc(C(=O)O)cc1. The summed E-state index contributed by atoms with van der Waals surface area (Å²) in [5.41, 5.74) is 1.42. The van der Waals surface area contributed by atoms with Gasteiger partial charge in [-0.25, -0.2) is 9.79 Å². The molecule has 7 heteroatoms. The Morgan fingerprint density at radius 3 is 2.59 bits per heavy atom. The zero-order valence-electron chi connectivity index (χ0n) is 14.2. The van der Waals surface area contributed by atoms with Crippen LogP contribution in [0.25, 0.3) is 6.08 Å². The highest BCUT2D eigenvalue weighted by Gasteiger charge is 2.32. The van der Waals surface area contributed by atoms with E-state index in [0.29, 0.717) is 27.9 Å². The molecule has 1 fully saturated rings. The summed E-state index contributed by atoms with van der Waals surface area (Å²) in [5.74, 6) is -1.09. The number of hydrogen-bond donors (Lipinski definition) is 2. The van der Waals surface area contributed by atoms with Crippen molar-refractivity contribution in [2.24, 2.45) is 4.99 Å². The molecule has 136 valence electrons. The number of carboxylic acid groups (broad SMARTS) is 1. The number of carbonyl (C=O) groups excluding carboxylic acids is 1. The van der Waals surface area contributed by atoms with Gasteiger partial charge in [0.2, 0.25) is 0 Å². The second-order valence-electron chi connectivity index (χ2n) is 5.66. The molecule has 1 amide bonds. The summed E-state index contributed by atoms with van der Waals surface area (Å²) in [6.07, 6.45) is 3.30. The highest BCUT2D eigenvalue weighted by atomic mass is 32.2. The number of phenolic OH excluding ortho intramolecular Hbond substituents is 1. The van der Waals surface area contributed by atoms with Crippen LogP contribution in [0.1, 0.15) is 15.9 Å². The number of hydrogen-bond acceptors (Lipinski definition) is 5. The number of phenols is 1. The number of carbonyl (C=O) groups is 2. The average Bonchev–Trinajstić information content (AvgIpc) is 2.91. The van der Waals surface area contributed by atoms with Crippen LogP contribution in [0.5, 0.6) is 5.75 Å². The van der Waals surface area contributed by atoms with Crippen molar-refractivity contribution in [1.82, 2.24) is 4.90 Å². The largest absolute Gasteiger partial charge is 0.508 e. The van der Waals surface area contributed by atoms with Crippen molar-refractivity contribution in [3.8, 4) is 5.75 Å². The maximum atomic E-state index is 12.7. The average molecular weight is 380 g/mol. The third kappa shape index (κ3) is 4.27. The fourth-order valence-corrected chi connectivity index (χ4v) is 3.44. The van der Waals surface area contributed by atoms with Gasteiger partial charge in [-0.15, -0.1) is 6.58 Å². The van der Waals surface area contributed by atoms with Crippen molar-refractivity contribution in [1.29, 1.82) is 0 Å². The van der Waals surface area contributed by atoms with Crippen LogP contribution in [0.4, 0.5) is 5.69 Å². The Labute approximate surface area is 160 Å². The van der Waals surface area contributed by atoms with E-state index < -0.39 is 5.97 Å². The van der Waals surface area contributed by atoms with E-state index in [1.54, 1.807) is 48.6 Å². The number of thioether (sulfide) groups is 1. The molecule has 0 aliphatic carbocycles. The van der Waals surface area contributed by atoms with Crippen LogP contribution in [0.2, 0.25) is 0 Å². The Balaban J connectivity index is 1.93. The molecular formula is C20H16N2O4S. The van der Waals surface area contributed by atoms with Gasteiger partial charge in [0.1, 0.15) is 5.75 Å². The molecule has 3 rings (SSSR count). The predicted molar refractivity (Wildman–Crippen MR) is 106 cm³/mol. The topological polar surface area (TPSA) is 90.2 Å². The number of carboxylic acids is 1. The van der Waals surface area contributed by atoms with Crippen molar-refractivity contribution < 1.29 is 19.8 Å². The number of benzene rings is 2. The summed E-state index contributed by atoms with van der Waals surface area (Å²) < 4.78 is 0. The lowest BCUT2D eigenvalue weighted by Gasteiger charge is -2.12. The summed E-state index contributed by atoms with van der Waals surface area (Å²) in [7, 11) is 0. The van der Waals surface area contributed by atoms with Crippen LogP contribution in [-0.4, -0.2) is 38.7 Å². The fraction of sp³-hybridized carbons (Fsp3) is 0.0500. The van der Waals surface area contributed by atoms with E-state index in [9.17, 15) is 14.7 Å². The number of amidine groups is 1. The van der Waals surface area contributed by atoms with E-state index in [1.165, 1.54) is 28.8 Å². The molecule has 0 atom stereocenters. The van der Waals surface area contributed by atoms with Gasteiger partial charge in [-0.05, 0) is 59.8 Å². The first kappa shape index (κ1) is 18.5. The van der Waals surface area contributed by atoms with Gasteiger partial charge in [0.05, 0.1) is 16.2 Å². The Morgan fingerprint density at radius 1 is 1.22 bits per heavy atom. The van der Waals surface area contributed by atoms with E-state index in [4.69, 9.17) is 5.11 Å². The number of aliphatic imine (C=N–C) groups is 1. The van der Waals surface area contributed by atoms with Gasteiger partial charge in [-0.3, -0.25) is 9.69 Å². The lowest BCUT2D eigenvalue weighted by Crippen LogP contribution is -2.29. The standard InChI is InChI=1S/C20H16N2O4S/c1-2-10-22-18(24)17(12-13-4-3-5-16(23)11-13)27-20(22)21-15-8-6-14(7-9-15)19(25)26/h2-9,11-12,23H,1,10H2,(H,25,26)/b17-12-,21-20?. The molecule has 0 aromatic heterocycles. The van der Waals surface area contributed by atoms with Crippen LogP contribution < -0.4 is 0 Å². The summed E-state index contributed by atoms with van der Waals surface area (Å²) in [6.45, 7) is 3.98. The molecule has 1 heterocycles. The predicted octanol–water partition coefficient (Wildman–Crippen LogP) is 3.88. The minimum Gasteiger partial charge on any atom is -0.508 e. The quantitative estimate of drug-likeness (QED) is 0.607. The minimum atomic E-state index is -1.01. The highest BCUT2D eigenvalue weighted by Crippen LogP contribution is 2.34. The van der Waals surface area contributed by atoms with Crippen LogP contribution in [0, 0.1) is 0 Å². The van der Waals surface area contributed by atoms with Gasteiger partial charge < -0.3 is 10.2 Å². The Hall–Kier alpha value is -3.32. The second kappa shape index (κ2) is 7.92. The lowest BCUT2D eigenvalue weighted by molar-refractivity contribution is -0.121. The Morgan fingerprint density at radius 2 is 1.96 bits per heavy atom. The molecule has 0 saturated carbocycles. The lowest BCUT2D eigenvalue weighted by atomic mass is 10.2. The van der Waals surface area contributed by atoms with Crippen molar-refractivity contribution in [2.45, 2.75) is 0 Å². The summed E-state index contributed by atoms with van der Waals surface area (Å²) in [6, 6.07) is 12.7. The summed E-state index contributed by atoms with van der Waals surface area (Å²) in [5, 5.41) is 19.0. The molecule has 0 radical (unpaired) electrons. The number of amides is 1. The molecule has 6 nitrogen and oxygen atoms in total. The molecule has 0 spiro atoms. The molecule has 1 aliphatic rings. The molecule has 2 N–H and O–H groups in total. The first-order valence-electron chi connectivity index (χ1n) is 8.01. The van der Waals surface area contributed by atoms with Crippen LogP contribution in [0.3, 0.4) is 0 Å². The highest BCUT2D eigenvalue weighted by molar-refractivity contribution is 8.18. The fourth-order valence-electron chi connectivity index (χ4n) is 2.44. The van der Waals surface area contributed by atoms with Gasteiger partial charge in [-0.1, -0.05) is 18.2 Å².